The summed E-state index contributed by atoms with van der Waals surface area (Å²) in [6.07, 6.45) is 0. The van der Waals surface area contributed by atoms with Crippen LogP contribution in [0.4, 0.5) is 5.69 Å². The van der Waals surface area contributed by atoms with Gasteiger partial charge in [-0.3, -0.25) is 13.9 Å². The van der Waals surface area contributed by atoms with Gasteiger partial charge in [0.05, 0.1) is 27.7 Å². The summed E-state index contributed by atoms with van der Waals surface area (Å²) >= 11 is 12.3. The van der Waals surface area contributed by atoms with E-state index in [2.05, 4.69) is 5.32 Å². The van der Waals surface area contributed by atoms with Crippen molar-refractivity contribution < 1.29 is 22.7 Å². The number of rotatable bonds is 10. The van der Waals surface area contributed by atoms with Crippen molar-refractivity contribution in [3.8, 4) is 5.75 Å². The van der Waals surface area contributed by atoms with Gasteiger partial charge in [-0.25, -0.2) is 8.42 Å². The van der Waals surface area contributed by atoms with Crippen molar-refractivity contribution in [3.63, 3.8) is 0 Å². The number of nitrogens with zero attached hydrogens (tertiary/aromatic N) is 2. The zero-order chi connectivity index (χ0) is 30.5. The number of carbonyl (C=O) groups is 2. The van der Waals surface area contributed by atoms with Crippen LogP contribution in [0.3, 0.4) is 0 Å². The number of amides is 2. The predicted molar refractivity (Wildman–Crippen MR) is 163 cm³/mol. The number of aryl methyl sites for hydroxylation is 1. The second kappa shape index (κ2) is 13.1. The molecule has 220 valence electrons. The van der Waals surface area contributed by atoms with Crippen LogP contribution in [0, 0.1) is 6.92 Å². The summed E-state index contributed by atoms with van der Waals surface area (Å²) in [7, 11) is -2.70. The van der Waals surface area contributed by atoms with Gasteiger partial charge in [-0.1, -0.05) is 47.0 Å². The molecule has 0 unspecified atom stereocenters. The van der Waals surface area contributed by atoms with Gasteiger partial charge in [0.25, 0.3) is 10.0 Å². The molecule has 1 atom stereocenters. The number of anilines is 1. The van der Waals surface area contributed by atoms with Crippen LogP contribution in [0.5, 0.6) is 5.75 Å². The van der Waals surface area contributed by atoms with Crippen molar-refractivity contribution in [2.75, 3.05) is 18.0 Å². The van der Waals surface area contributed by atoms with Crippen LogP contribution in [0.1, 0.15) is 38.8 Å². The Kier molecular flexibility index (Phi) is 10.3. The summed E-state index contributed by atoms with van der Waals surface area (Å²) in [5, 5.41) is 3.54. The van der Waals surface area contributed by atoms with Crippen molar-refractivity contribution in [3.05, 3.63) is 87.9 Å². The summed E-state index contributed by atoms with van der Waals surface area (Å²) in [5.41, 5.74) is 1.31. The number of nitrogens with one attached hydrogen (secondary N) is 1. The molecule has 0 fully saturated rings. The minimum Gasteiger partial charge on any atom is -0.497 e. The lowest BCUT2D eigenvalue weighted by atomic mass is 10.1. The Balaban J connectivity index is 2.05. The second-order valence-corrected chi connectivity index (χ2v) is 13.4. The van der Waals surface area contributed by atoms with E-state index in [0.717, 1.165) is 9.87 Å². The first-order valence-electron chi connectivity index (χ1n) is 12.9. The summed E-state index contributed by atoms with van der Waals surface area (Å²) < 4.78 is 34.0. The second-order valence-electron chi connectivity index (χ2n) is 10.7. The molecule has 1 N–H and O–H groups in total. The monoisotopic (exact) mass is 619 g/mol. The zero-order valence-corrected chi connectivity index (χ0v) is 26.3. The number of carbonyl (C=O) groups excluding carboxylic acids is 2. The molecule has 0 aliphatic rings. The highest BCUT2D eigenvalue weighted by Crippen LogP contribution is 2.27. The van der Waals surface area contributed by atoms with Crippen LogP contribution in [0.15, 0.2) is 71.6 Å². The third-order valence-electron chi connectivity index (χ3n) is 6.25. The highest BCUT2D eigenvalue weighted by molar-refractivity contribution is 7.92. The van der Waals surface area contributed by atoms with E-state index in [1.807, 2.05) is 27.7 Å². The van der Waals surface area contributed by atoms with Crippen LogP contribution >= 0.6 is 23.2 Å². The fraction of sp³-hybridized carbons (Fsp3) is 0.333. The smallest absolute Gasteiger partial charge is 0.264 e. The first kappa shape index (κ1) is 32.2. The number of hydrogen-bond donors (Lipinski definition) is 1. The van der Waals surface area contributed by atoms with Gasteiger partial charge >= 0.3 is 0 Å². The number of methoxy groups -OCH3 is 1. The minimum atomic E-state index is -4.19. The quantitative estimate of drug-likeness (QED) is 0.308. The van der Waals surface area contributed by atoms with Crippen LogP contribution in [-0.4, -0.2) is 50.4 Å². The average molecular weight is 621 g/mol. The molecule has 3 aromatic rings. The Hall–Kier alpha value is -3.27. The molecule has 0 saturated carbocycles. The lowest BCUT2D eigenvalue weighted by Gasteiger charge is -2.33. The molecule has 0 aliphatic heterocycles. The molecule has 0 spiro atoms. The molecule has 0 bridgehead atoms. The number of halogens is 2. The number of sulfonamides is 1. The van der Waals surface area contributed by atoms with Crippen molar-refractivity contribution in [1.29, 1.82) is 0 Å². The van der Waals surface area contributed by atoms with Crippen LogP contribution in [0.25, 0.3) is 0 Å². The molecule has 3 rings (SSSR count). The first-order chi connectivity index (χ1) is 19.1. The van der Waals surface area contributed by atoms with Crippen LogP contribution in [-0.2, 0) is 26.2 Å². The molecule has 3 aromatic carbocycles. The Bertz CT molecular complexity index is 1490. The molecule has 0 aliphatic carbocycles. The van der Waals surface area contributed by atoms with Crippen molar-refractivity contribution in [2.24, 2.45) is 0 Å². The van der Waals surface area contributed by atoms with Gasteiger partial charge in [-0.2, -0.15) is 0 Å². The molecule has 41 heavy (non-hydrogen) atoms. The van der Waals surface area contributed by atoms with E-state index in [4.69, 9.17) is 27.9 Å². The Labute approximate surface area is 252 Å². The summed E-state index contributed by atoms with van der Waals surface area (Å²) in [6, 6.07) is 16.7. The summed E-state index contributed by atoms with van der Waals surface area (Å²) in [4.78, 5) is 28.5. The maximum Gasteiger partial charge on any atom is 0.264 e. The number of benzene rings is 3. The van der Waals surface area contributed by atoms with Gasteiger partial charge in [0.2, 0.25) is 11.8 Å². The molecule has 0 aromatic heterocycles. The lowest BCUT2D eigenvalue weighted by Crippen LogP contribution is -2.54. The van der Waals surface area contributed by atoms with E-state index in [1.165, 1.54) is 36.3 Å². The highest BCUT2D eigenvalue weighted by atomic mass is 35.5. The Morgan fingerprint density at radius 3 is 2.10 bits per heavy atom. The van der Waals surface area contributed by atoms with Gasteiger partial charge in [-0.05, 0) is 88.7 Å². The van der Waals surface area contributed by atoms with E-state index in [-0.39, 0.29) is 17.3 Å². The maximum atomic E-state index is 14.0. The zero-order valence-electron chi connectivity index (χ0n) is 23.9. The van der Waals surface area contributed by atoms with Crippen molar-refractivity contribution in [1.82, 2.24) is 10.2 Å². The first-order valence-corrected chi connectivity index (χ1v) is 15.1. The van der Waals surface area contributed by atoms with E-state index >= 15 is 0 Å². The summed E-state index contributed by atoms with van der Waals surface area (Å²) in [5.74, 6) is -0.468. The topological polar surface area (TPSA) is 96.0 Å². The maximum absolute atomic E-state index is 14.0. The van der Waals surface area contributed by atoms with Gasteiger partial charge in [0, 0.05) is 12.1 Å². The van der Waals surface area contributed by atoms with E-state index in [9.17, 15) is 18.0 Å². The third kappa shape index (κ3) is 8.38. The van der Waals surface area contributed by atoms with Gasteiger partial charge in [0.1, 0.15) is 18.3 Å². The van der Waals surface area contributed by atoms with Crippen LogP contribution < -0.4 is 14.4 Å². The molecular formula is C30H35Cl2N3O5S. The van der Waals surface area contributed by atoms with Gasteiger partial charge in [-0.15, -0.1) is 0 Å². The third-order valence-corrected chi connectivity index (χ3v) is 8.78. The normalized spacial score (nSPS) is 12.4. The van der Waals surface area contributed by atoms with Gasteiger partial charge < -0.3 is 15.0 Å². The largest absolute Gasteiger partial charge is 0.497 e. The van der Waals surface area contributed by atoms with E-state index < -0.39 is 34.1 Å². The standard InChI is InChI=1S/C30H35Cl2N3O5S/c1-20-7-10-23(11-8-20)35(41(38,39)25-14-12-24(40-6)13-15-25)19-28(36)34(21(2)29(37)33-30(3,4)5)18-22-9-16-26(31)27(32)17-22/h7-17,21H,18-19H2,1-6H3,(H,33,37)/t21-/m0/s1. The lowest BCUT2D eigenvalue weighted by molar-refractivity contribution is -0.140. The van der Waals surface area contributed by atoms with E-state index in [1.54, 1.807) is 49.4 Å². The molecule has 0 saturated heterocycles. The molecule has 11 heteroatoms. The fourth-order valence-electron chi connectivity index (χ4n) is 4.01. The molecule has 8 nitrogen and oxygen atoms in total. The number of ether oxygens (including phenoxy) is 1. The predicted octanol–water partition coefficient (Wildman–Crippen LogP) is 5.84. The highest BCUT2D eigenvalue weighted by Gasteiger charge is 2.33. The Morgan fingerprint density at radius 2 is 1.56 bits per heavy atom. The Morgan fingerprint density at radius 1 is 0.951 bits per heavy atom. The molecule has 0 heterocycles. The number of hydrogen-bond acceptors (Lipinski definition) is 5. The molecule has 0 radical (unpaired) electrons. The van der Waals surface area contributed by atoms with E-state index in [0.29, 0.717) is 27.0 Å². The SMILES string of the molecule is COc1ccc(S(=O)(=O)N(CC(=O)N(Cc2ccc(Cl)c(Cl)c2)[C@@H](C)C(=O)NC(C)(C)C)c2ccc(C)cc2)cc1. The minimum absolute atomic E-state index is 0.00122. The van der Waals surface area contributed by atoms with Crippen LogP contribution in [0.2, 0.25) is 10.0 Å². The van der Waals surface area contributed by atoms with Gasteiger partial charge in [0.15, 0.2) is 0 Å². The van der Waals surface area contributed by atoms with Crippen molar-refractivity contribution >= 4 is 50.7 Å². The molecule has 2 amide bonds. The molecular weight excluding hydrogens is 585 g/mol. The average Bonchev–Trinajstić information content (AvgIpc) is 2.91. The summed E-state index contributed by atoms with van der Waals surface area (Å²) in [6.45, 7) is 8.44. The van der Waals surface area contributed by atoms with Crippen molar-refractivity contribution in [2.45, 2.75) is 57.6 Å². The fourth-order valence-corrected chi connectivity index (χ4v) is 5.74.